The standard InChI is InChI=1S/C16H24N2O/c1-13-3-2-4-15(11-13)19-10-7-17-16-6-9-18-8-5-14(16)12-18/h2-4,11,14,16-17H,5-10,12H2,1H3. The monoisotopic (exact) mass is 260 g/mol. The zero-order valence-electron chi connectivity index (χ0n) is 11.8. The van der Waals surface area contributed by atoms with Gasteiger partial charge in [0.2, 0.25) is 0 Å². The first kappa shape index (κ1) is 12.9. The van der Waals surface area contributed by atoms with Crippen LogP contribution >= 0.6 is 0 Å². The summed E-state index contributed by atoms with van der Waals surface area (Å²) in [7, 11) is 0. The first-order valence-corrected chi connectivity index (χ1v) is 7.46. The average Bonchev–Trinajstić information content (AvgIpc) is 2.80. The normalized spacial score (nSPS) is 29.4. The highest BCUT2D eigenvalue weighted by Crippen LogP contribution is 2.26. The molecular formula is C16H24N2O. The third-order valence-corrected chi connectivity index (χ3v) is 4.40. The fourth-order valence-corrected chi connectivity index (χ4v) is 3.34. The first-order chi connectivity index (χ1) is 9.31. The minimum atomic E-state index is 0.708. The van der Waals surface area contributed by atoms with Gasteiger partial charge in [0.25, 0.3) is 0 Å². The number of aryl methyl sites for hydroxylation is 1. The first-order valence-electron chi connectivity index (χ1n) is 7.46. The van der Waals surface area contributed by atoms with Crippen LogP contribution in [-0.4, -0.2) is 43.7 Å². The highest BCUT2D eigenvalue weighted by atomic mass is 16.5. The summed E-state index contributed by atoms with van der Waals surface area (Å²) in [5.41, 5.74) is 1.25. The van der Waals surface area contributed by atoms with Gasteiger partial charge in [0.05, 0.1) is 0 Å². The molecule has 0 aromatic heterocycles. The summed E-state index contributed by atoms with van der Waals surface area (Å²) in [5, 5.41) is 3.68. The van der Waals surface area contributed by atoms with Gasteiger partial charge in [-0.2, -0.15) is 0 Å². The summed E-state index contributed by atoms with van der Waals surface area (Å²) in [6.07, 6.45) is 2.67. The van der Waals surface area contributed by atoms with Crippen molar-refractivity contribution in [1.29, 1.82) is 0 Å². The molecule has 2 aliphatic heterocycles. The Morgan fingerprint density at radius 3 is 3.11 bits per heavy atom. The summed E-state index contributed by atoms with van der Waals surface area (Å²) in [4.78, 5) is 2.59. The van der Waals surface area contributed by atoms with Gasteiger partial charge in [0.15, 0.2) is 0 Å². The zero-order valence-corrected chi connectivity index (χ0v) is 11.8. The summed E-state index contributed by atoms with van der Waals surface area (Å²) >= 11 is 0. The number of hydrogen-bond acceptors (Lipinski definition) is 3. The van der Waals surface area contributed by atoms with Gasteiger partial charge in [-0.1, -0.05) is 12.1 Å². The van der Waals surface area contributed by atoms with Crippen LogP contribution in [0, 0.1) is 12.8 Å². The van der Waals surface area contributed by atoms with E-state index in [1.165, 1.54) is 38.0 Å². The lowest BCUT2D eigenvalue weighted by Crippen LogP contribution is -2.45. The van der Waals surface area contributed by atoms with Crippen molar-refractivity contribution < 1.29 is 4.74 Å². The van der Waals surface area contributed by atoms with Gasteiger partial charge in [0.1, 0.15) is 12.4 Å². The molecule has 2 heterocycles. The van der Waals surface area contributed by atoms with Crippen molar-refractivity contribution in [3.63, 3.8) is 0 Å². The van der Waals surface area contributed by atoms with Gasteiger partial charge in [0, 0.05) is 19.1 Å². The van der Waals surface area contributed by atoms with Crippen LogP contribution in [0.1, 0.15) is 18.4 Å². The lowest BCUT2D eigenvalue weighted by atomic mass is 9.94. The largest absolute Gasteiger partial charge is 0.492 e. The van der Waals surface area contributed by atoms with Gasteiger partial charge in [-0.3, -0.25) is 0 Å². The topological polar surface area (TPSA) is 24.5 Å². The van der Waals surface area contributed by atoms with Crippen LogP contribution in [0.2, 0.25) is 0 Å². The fraction of sp³-hybridized carbons (Fsp3) is 0.625. The number of hydrogen-bond donors (Lipinski definition) is 1. The van der Waals surface area contributed by atoms with Gasteiger partial charge in [-0.05, 0) is 56.5 Å². The second-order valence-corrected chi connectivity index (χ2v) is 5.86. The number of fused-ring (bicyclic) bond motifs is 2. The Morgan fingerprint density at radius 2 is 2.21 bits per heavy atom. The molecule has 19 heavy (non-hydrogen) atoms. The van der Waals surface area contributed by atoms with Crippen LogP contribution in [0.5, 0.6) is 5.75 Å². The van der Waals surface area contributed by atoms with E-state index in [0.29, 0.717) is 6.04 Å². The van der Waals surface area contributed by atoms with Gasteiger partial charge in [-0.15, -0.1) is 0 Å². The van der Waals surface area contributed by atoms with Crippen molar-refractivity contribution in [3.05, 3.63) is 29.8 Å². The van der Waals surface area contributed by atoms with Crippen molar-refractivity contribution in [1.82, 2.24) is 10.2 Å². The van der Waals surface area contributed by atoms with E-state index >= 15 is 0 Å². The molecule has 0 saturated carbocycles. The number of rotatable bonds is 5. The minimum Gasteiger partial charge on any atom is -0.492 e. The van der Waals surface area contributed by atoms with Crippen molar-refractivity contribution in [2.75, 3.05) is 32.8 Å². The van der Waals surface area contributed by atoms with E-state index in [2.05, 4.69) is 29.3 Å². The molecule has 3 atom stereocenters. The Bertz CT molecular complexity index is 421. The third kappa shape index (κ3) is 3.28. The van der Waals surface area contributed by atoms with E-state index in [4.69, 9.17) is 4.74 Å². The maximum Gasteiger partial charge on any atom is 0.119 e. The fourth-order valence-electron chi connectivity index (χ4n) is 3.34. The molecule has 2 aliphatic rings. The van der Waals surface area contributed by atoms with Gasteiger partial charge < -0.3 is 15.0 Å². The van der Waals surface area contributed by atoms with E-state index in [1.807, 2.05) is 12.1 Å². The predicted octanol–water partition coefficient (Wildman–Crippen LogP) is 2.06. The predicted molar refractivity (Wildman–Crippen MR) is 77.6 cm³/mol. The van der Waals surface area contributed by atoms with E-state index in [9.17, 15) is 0 Å². The molecule has 3 unspecified atom stereocenters. The number of piperidine rings is 1. The Balaban J connectivity index is 1.39. The van der Waals surface area contributed by atoms with Crippen LogP contribution in [0.25, 0.3) is 0 Å². The number of ether oxygens (including phenoxy) is 1. The molecule has 2 fully saturated rings. The smallest absolute Gasteiger partial charge is 0.119 e. The SMILES string of the molecule is Cc1cccc(OCCNC2CCN3CCC2C3)c1. The quantitative estimate of drug-likeness (QED) is 0.820. The van der Waals surface area contributed by atoms with Gasteiger partial charge in [-0.25, -0.2) is 0 Å². The summed E-state index contributed by atoms with van der Waals surface area (Å²) in [6, 6.07) is 8.98. The molecule has 3 nitrogen and oxygen atoms in total. The second-order valence-electron chi connectivity index (χ2n) is 5.86. The molecule has 0 aliphatic carbocycles. The molecule has 3 heteroatoms. The number of nitrogens with one attached hydrogen (secondary N) is 1. The molecule has 2 bridgehead atoms. The van der Waals surface area contributed by atoms with Crippen LogP contribution in [0.4, 0.5) is 0 Å². The zero-order chi connectivity index (χ0) is 13.1. The molecular weight excluding hydrogens is 236 g/mol. The Kier molecular flexibility index (Phi) is 4.04. The summed E-state index contributed by atoms with van der Waals surface area (Å²) in [6.45, 7) is 7.69. The highest BCUT2D eigenvalue weighted by Gasteiger charge is 2.33. The minimum absolute atomic E-state index is 0.708. The average molecular weight is 260 g/mol. The number of nitrogens with zero attached hydrogens (tertiary/aromatic N) is 1. The molecule has 0 spiro atoms. The van der Waals surface area contributed by atoms with E-state index in [-0.39, 0.29) is 0 Å². The van der Waals surface area contributed by atoms with Crippen LogP contribution < -0.4 is 10.1 Å². The molecule has 1 aromatic carbocycles. The Labute approximate surface area is 115 Å². The van der Waals surface area contributed by atoms with Crippen molar-refractivity contribution >= 4 is 0 Å². The Morgan fingerprint density at radius 1 is 1.32 bits per heavy atom. The van der Waals surface area contributed by atoms with Crippen molar-refractivity contribution in [3.8, 4) is 5.75 Å². The van der Waals surface area contributed by atoms with Gasteiger partial charge >= 0.3 is 0 Å². The third-order valence-electron chi connectivity index (χ3n) is 4.40. The highest BCUT2D eigenvalue weighted by molar-refractivity contribution is 5.27. The van der Waals surface area contributed by atoms with E-state index < -0.39 is 0 Å². The number of benzene rings is 1. The maximum absolute atomic E-state index is 5.78. The lowest BCUT2D eigenvalue weighted by molar-refractivity contribution is 0.211. The van der Waals surface area contributed by atoms with E-state index in [1.54, 1.807) is 0 Å². The molecule has 1 N–H and O–H groups in total. The molecule has 3 rings (SSSR count). The van der Waals surface area contributed by atoms with Crippen LogP contribution in [0.15, 0.2) is 24.3 Å². The molecule has 0 amide bonds. The Hall–Kier alpha value is -1.06. The van der Waals surface area contributed by atoms with Crippen LogP contribution in [-0.2, 0) is 0 Å². The molecule has 104 valence electrons. The van der Waals surface area contributed by atoms with Crippen molar-refractivity contribution in [2.45, 2.75) is 25.8 Å². The molecule has 0 radical (unpaired) electrons. The van der Waals surface area contributed by atoms with E-state index in [0.717, 1.165) is 24.8 Å². The second kappa shape index (κ2) is 5.93. The van der Waals surface area contributed by atoms with Crippen LogP contribution in [0.3, 0.4) is 0 Å². The summed E-state index contributed by atoms with van der Waals surface area (Å²) < 4.78 is 5.78. The lowest BCUT2D eigenvalue weighted by Gasteiger charge is -2.31. The van der Waals surface area contributed by atoms with Crippen molar-refractivity contribution in [2.24, 2.45) is 5.92 Å². The molecule has 1 aromatic rings. The molecule has 2 saturated heterocycles. The maximum atomic E-state index is 5.78. The summed E-state index contributed by atoms with van der Waals surface area (Å²) in [5.74, 6) is 1.85.